The number of halogens is 1. The Morgan fingerprint density at radius 2 is 2.05 bits per heavy atom. The largest absolute Gasteiger partial charge is 0.271 e. The number of nitrogens with zero attached hydrogens (tertiary/aromatic N) is 2. The minimum Gasteiger partial charge on any atom is -0.271 e. The highest BCUT2D eigenvalue weighted by Gasteiger charge is 2.27. The quantitative estimate of drug-likeness (QED) is 0.638. The molecule has 1 aromatic rings. The summed E-state index contributed by atoms with van der Waals surface area (Å²) >= 11 is 3.70. The van der Waals surface area contributed by atoms with Crippen molar-refractivity contribution in [2.24, 2.45) is 24.7 Å². The van der Waals surface area contributed by atoms with E-state index < -0.39 is 0 Å². The summed E-state index contributed by atoms with van der Waals surface area (Å²) in [7, 11) is 2.02. The predicted octanol–water partition coefficient (Wildman–Crippen LogP) is 2.95. The summed E-state index contributed by atoms with van der Waals surface area (Å²) in [6.45, 7) is 4.49. The number of aryl methyl sites for hydroxylation is 2. The maximum atomic E-state index is 5.83. The van der Waals surface area contributed by atoms with E-state index in [1.807, 2.05) is 11.7 Å². The third-order valence-corrected chi connectivity index (χ3v) is 5.68. The Bertz CT molecular complexity index is 435. The summed E-state index contributed by atoms with van der Waals surface area (Å²) < 4.78 is 3.16. The van der Waals surface area contributed by atoms with Gasteiger partial charge in [0, 0.05) is 19.5 Å². The molecule has 1 aliphatic carbocycles. The average Bonchev–Trinajstić information content (AvgIpc) is 2.72. The zero-order chi connectivity index (χ0) is 14.7. The summed E-state index contributed by atoms with van der Waals surface area (Å²) in [5.74, 6) is 7.39. The second-order valence-electron chi connectivity index (χ2n) is 6.18. The van der Waals surface area contributed by atoms with E-state index in [1.54, 1.807) is 0 Å². The fourth-order valence-electron chi connectivity index (χ4n) is 3.30. The number of aromatic nitrogens is 2. The lowest BCUT2D eigenvalue weighted by molar-refractivity contribution is 0.228. The van der Waals surface area contributed by atoms with Crippen molar-refractivity contribution < 1.29 is 0 Å². The number of hydrazine groups is 1. The van der Waals surface area contributed by atoms with Gasteiger partial charge in [0.25, 0.3) is 0 Å². The number of hydrogen-bond acceptors (Lipinski definition) is 3. The van der Waals surface area contributed by atoms with Crippen LogP contribution in [0.25, 0.3) is 0 Å². The highest BCUT2D eigenvalue weighted by molar-refractivity contribution is 9.10. The van der Waals surface area contributed by atoms with Crippen molar-refractivity contribution in [1.82, 2.24) is 15.2 Å². The fraction of sp³-hybridized carbons (Fsp3) is 0.800. The molecule has 5 heteroatoms. The number of nitrogens with two attached hydrogens (primary N) is 1. The lowest BCUT2D eigenvalue weighted by Crippen LogP contribution is -2.44. The molecule has 2 rings (SSSR count). The number of rotatable bonds is 5. The van der Waals surface area contributed by atoms with Crippen LogP contribution in [-0.4, -0.2) is 15.8 Å². The van der Waals surface area contributed by atoms with Crippen LogP contribution in [0.5, 0.6) is 0 Å². The van der Waals surface area contributed by atoms with Gasteiger partial charge in [-0.25, -0.2) is 0 Å². The van der Waals surface area contributed by atoms with E-state index in [2.05, 4.69) is 40.3 Å². The molecule has 1 unspecified atom stereocenters. The minimum absolute atomic E-state index is 0.346. The predicted molar refractivity (Wildman–Crippen MR) is 86.2 cm³/mol. The summed E-state index contributed by atoms with van der Waals surface area (Å²) in [4.78, 5) is 0. The molecule has 0 radical (unpaired) electrons. The van der Waals surface area contributed by atoms with Gasteiger partial charge in [-0.15, -0.1) is 0 Å². The van der Waals surface area contributed by atoms with E-state index in [1.165, 1.54) is 31.4 Å². The smallest absolute Gasteiger partial charge is 0.0766 e. The van der Waals surface area contributed by atoms with Crippen molar-refractivity contribution in [3.05, 3.63) is 15.9 Å². The Balaban J connectivity index is 2.08. The molecule has 114 valence electrons. The van der Waals surface area contributed by atoms with Crippen molar-refractivity contribution in [2.45, 2.75) is 58.4 Å². The standard InChI is InChI=1S/C15H27BrN4/c1-4-12-15(16)14(20(3)19-12)9-13(18-17)11-7-5-10(2)6-8-11/h10-11,13,18H,4-9,17H2,1-3H3. The van der Waals surface area contributed by atoms with E-state index in [4.69, 9.17) is 5.84 Å². The van der Waals surface area contributed by atoms with Gasteiger partial charge in [-0.2, -0.15) is 5.10 Å². The molecular weight excluding hydrogens is 316 g/mol. The first-order valence-electron chi connectivity index (χ1n) is 7.73. The summed E-state index contributed by atoms with van der Waals surface area (Å²) in [5.41, 5.74) is 5.44. The summed E-state index contributed by atoms with van der Waals surface area (Å²) in [6.07, 6.45) is 7.12. The lowest BCUT2D eigenvalue weighted by Gasteiger charge is -2.32. The van der Waals surface area contributed by atoms with Gasteiger partial charge in [-0.1, -0.05) is 26.7 Å². The Kier molecular flexibility index (Phi) is 5.64. The Hall–Kier alpha value is -0.390. The van der Waals surface area contributed by atoms with Crippen molar-refractivity contribution in [3.63, 3.8) is 0 Å². The monoisotopic (exact) mass is 342 g/mol. The molecule has 1 aromatic heterocycles. The highest BCUT2D eigenvalue weighted by atomic mass is 79.9. The molecule has 0 amide bonds. The highest BCUT2D eigenvalue weighted by Crippen LogP contribution is 2.32. The van der Waals surface area contributed by atoms with Crippen LogP contribution in [0.3, 0.4) is 0 Å². The van der Waals surface area contributed by atoms with Crippen LogP contribution >= 0.6 is 15.9 Å². The van der Waals surface area contributed by atoms with Crippen LogP contribution in [0.15, 0.2) is 4.47 Å². The zero-order valence-corrected chi connectivity index (χ0v) is 14.4. The first-order chi connectivity index (χ1) is 9.56. The molecule has 4 nitrogen and oxygen atoms in total. The molecule has 0 spiro atoms. The van der Waals surface area contributed by atoms with Crippen LogP contribution < -0.4 is 11.3 Å². The lowest BCUT2D eigenvalue weighted by atomic mass is 9.78. The van der Waals surface area contributed by atoms with Gasteiger partial charge < -0.3 is 0 Å². The third-order valence-electron chi connectivity index (χ3n) is 4.76. The molecule has 0 bridgehead atoms. The molecule has 20 heavy (non-hydrogen) atoms. The maximum absolute atomic E-state index is 5.83. The second kappa shape index (κ2) is 7.05. The summed E-state index contributed by atoms with van der Waals surface area (Å²) in [6, 6.07) is 0.346. The van der Waals surface area contributed by atoms with Crippen LogP contribution in [0.4, 0.5) is 0 Å². The third kappa shape index (κ3) is 3.43. The number of hydrogen-bond donors (Lipinski definition) is 2. The average molecular weight is 343 g/mol. The van der Waals surface area contributed by atoms with E-state index in [-0.39, 0.29) is 0 Å². The van der Waals surface area contributed by atoms with Crippen LogP contribution in [0, 0.1) is 11.8 Å². The maximum Gasteiger partial charge on any atom is 0.0766 e. The van der Waals surface area contributed by atoms with Gasteiger partial charge in [0.1, 0.15) is 0 Å². The minimum atomic E-state index is 0.346. The first-order valence-corrected chi connectivity index (χ1v) is 8.52. The van der Waals surface area contributed by atoms with Gasteiger partial charge in [-0.3, -0.25) is 16.0 Å². The number of nitrogens with one attached hydrogen (secondary N) is 1. The molecule has 1 saturated carbocycles. The van der Waals surface area contributed by atoms with E-state index in [9.17, 15) is 0 Å². The SMILES string of the molecule is CCc1nn(C)c(CC(NN)C2CCC(C)CC2)c1Br. The van der Waals surface area contributed by atoms with Crippen LogP contribution in [-0.2, 0) is 19.9 Å². The van der Waals surface area contributed by atoms with Crippen molar-refractivity contribution in [3.8, 4) is 0 Å². The van der Waals surface area contributed by atoms with Crippen LogP contribution in [0.2, 0.25) is 0 Å². The fourth-order valence-corrected chi connectivity index (χ4v) is 4.08. The van der Waals surface area contributed by atoms with Crippen molar-refractivity contribution in [1.29, 1.82) is 0 Å². The normalized spacial score (nSPS) is 24.9. The van der Waals surface area contributed by atoms with E-state index >= 15 is 0 Å². The van der Waals surface area contributed by atoms with Crippen LogP contribution in [0.1, 0.15) is 50.9 Å². The molecule has 0 saturated heterocycles. The van der Waals surface area contributed by atoms with Gasteiger partial charge in [0.2, 0.25) is 0 Å². The first kappa shape index (κ1) is 16.0. The molecule has 0 aliphatic heterocycles. The van der Waals surface area contributed by atoms with Gasteiger partial charge in [-0.05, 0) is 47.0 Å². The second-order valence-corrected chi connectivity index (χ2v) is 6.97. The van der Waals surface area contributed by atoms with Crippen molar-refractivity contribution >= 4 is 15.9 Å². The van der Waals surface area contributed by atoms with Gasteiger partial charge >= 0.3 is 0 Å². The Morgan fingerprint density at radius 1 is 1.40 bits per heavy atom. The molecule has 1 aliphatic rings. The molecule has 1 heterocycles. The zero-order valence-electron chi connectivity index (χ0n) is 12.8. The Morgan fingerprint density at radius 3 is 2.55 bits per heavy atom. The van der Waals surface area contributed by atoms with E-state index in [0.717, 1.165) is 28.9 Å². The molecule has 3 N–H and O–H groups in total. The molecule has 1 atom stereocenters. The van der Waals surface area contributed by atoms with E-state index in [0.29, 0.717) is 12.0 Å². The van der Waals surface area contributed by atoms with Gasteiger partial charge in [0.05, 0.1) is 15.9 Å². The van der Waals surface area contributed by atoms with Crippen molar-refractivity contribution in [2.75, 3.05) is 0 Å². The molecule has 1 fully saturated rings. The van der Waals surface area contributed by atoms with Gasteiger partial charge in [0.15, 0.2) is 0 Å². The Labute approximate surface area is 130 Å². The molecule has 0 aromatic carbocycles. The molecular formula is C15H27BrN4. The summed E-state index contributed by atoms with van der Waals surface area (Å²) in [5, 5.41) is 4.57. The topological polar surface area (TPSA) is 55.9 Å².